The van der Waals surface area contributed by atoms with Crippen LogP contribution in [0.4, 0.5) is 5.95 Å². The number of nitrogens with one attached hydrogen (secondary N) is 1. The molecule has 0 spiro atoms. The maximum Gasteiger partial charge on any atom is 0.243 e. The molecule has 1 aromatic carbocycles. The molecule has 1 aliphatic rings. The first kappa shape index (κ1) is 26.8. The van der Waals surface area contributed by atoms with Crippen molar-refractivity contribution >= 4 is 16.0 Å². The molecule has 1 aliphatic carbocycles. The predicted octanol–water partition coefficient (Wildman–Crippen LogP) is 3.63. The van der Waals surface area contributed by atoms with Crippen LogP contribution in [0.15, 0.2) is 30.5 Å². The normalized spacial score (nSPS) is 17.1. The lowest BCUT2D eigenvalue weighted by Gasteiger charge is -2.47. The quantitative estimate of drug-likeness (QED) is 0.417. The number of rotatable bonds is 10. The molecule has 2 atom stereocenters. The van der Waals surface area contributed by atoms with E-state index >= 15 is 0 Å². The third-order valence-corrected chi connectivity index (χ3v) is 8.58. The van der Waals surface area contributed by atoms with Gasteiger partial charge in [0, 0.05) is 7.11 Å². The number of benzene rings is 1. The Bertz CT molecular complexity index is 1340. The zero-order valence-corrected chi connectivity index (χ0v) is 23.0. The highest BCUT2D eigenvalue weighted by Crippen LogP contribution is 2.48. The summed E-state index contributed by atoms with van der Waals surface area (Å²) in [4.78, 5) is 0. The van der Waals surface area contributed by atoms with Crippen molar-refractivity contribution in [2.45, 2.75) is 51.9 Å². The third kappa shape index (κ3) is 5.26. The minimum atomic E-state index is -3.95. The number of aryl methyl sites for hydroxylation is 1. The fourth-order valence-corrected chi connectivity index (χ4v) is 6.37. The van der Waals surface area contributed by atoms with Crippen LogP contribution in [-0.2, 0) is 14.8 Å². The van der Waals surface area contributed by atoms with Gasteiger partial charge >= 0.3 is 0 Å². The molecule has 12 heteroatoms. The number of nitrogens with zero attached hydrogens (tertiary/aromatic N) is 5. The molecule has 37 heavy (non-hydrogen) atoms. The van der Waals surface area contributed by atoms with Crippen molar-refractivity contribution in [1.29, 1.82) is 0 Å². The zero-order valence-electron chi connectivity index (χ0n) is 22.2. The van der Waals surface area contributed by atoms with Crippen LogP contribution in [0.3, 0.4) is 0 Å². The van der Waals surface area contributed by atoms with Gasteiger partial charge < -0.3 is 14.2 Å². The van der Waals surface area contributed by atoms with Crippen LogP contribution in [0.5, 0.6) is 11.5 Å². The Kier molecular flexibility index (Phi) is 7.43. The standard InChI is InChI=1S/C25H34N6O5S/c1-15-11-18(27-26-14-15)23-28-29-24(31(23)21-19(34-5)9-8-10-20(21)35-6)30-37(32,33)16(2)22(36-7)17-12-25(3,4)13-17/h8-11,14,16-17,22H,12-13H2,1-7H3,(H,29,30)/t16-,22-/m0/s1. The Morgan fingerprint density at radius 2 is 1.73 bits per heavy atom. The molecule has 1 N–H and O–H groups in total. The van der Waals surface area contributed by atoms with E-state index in [1.807, 2.05) is 6.92 Å². The van der Waals surface area contributed by atoms with E-state index in [1.54, 1.807) is 44.5 Å². The van der Waals surface area contributed by atoms with Gasteiger partial charge in [-0.05, 0) is 61.8 Å². The molecule has 1 fully saturated rings. The summed E-state index contributed by atoms with van der Waals surface area (Å²) in [6, 6.07) is 7.04. The average molecular weight is 531 g/mol. The van der Waals surface area contributed by atoms with Gasteiger partial charge in [0.15, 0.2) is 5.82 Å². The summed E-state index contributed by atoms with van der Waals surface area (Å²) in [5.74, 6) is 1.25. The van der Waals surface area contributed by atoms with Crippen LogP contribution >= 0.6 is 0 Å². The molecule has 0 bridgehead atoms. The molecular formula is C25H34N6O5S. The molecule has 2 heterocycles. The van der Waals surface area contributed by atoms with E-state index < -0.39 is 21.4 Å². The molecule has 0 aliphatic heterocycles. The Balaban J connectivity index is 1.80. The molecule has 3 aromatic rings. The molecule has 0 unspecified atom stereocenters. The minimum absolute atomic E-state index is 0.0308. The second-order valence-corrected chi connectivity index (χ2v) is 12.2. The number of hydrogen-bond acceptors (Lipinski definition) is 9. The highest BCUT2D eigenvalue weighted by Gasteiger charge is 2.45. The second-order valence-electron chi connectivity index (χ2n) is 10.2. The van der Waals surface area contributed by atoms with Crippen molar-refractivity contribution in [1.82, 2.24) is 25.0 Å². The van der Waals surface area contributed by atoms with E-state index in [1.165, 1.54) is 18.8 Å². The highest BCUT2D eigenvalue weighted by atomic mass is 32.2. The maximum absolute atomic E-state index is 13.6. The van der Waals surface area contributed by atoms with Gasteiger partial charge in [-0.2, -0.15) is 5.10 Å². The SMILES string of the molecule is COc1cccc(OC)c1-n1c(NS(=O)(=O)[C@@H](C)[C@H](OC)C2CC(C)(C)C2)nnc1-c1cc(C)cnn1. The molecular weight excluding hydrogens is 496 g/mol. The van der Waals surface area contributed by atoms with Crippen LogP contribution < -0.4 is 14.2 Å². The van der Waals surface area contributed by atoms with Crippen LogP contribution in [0.2, 0.25) is 0 Å². The van der Waals surface area contributed by atoms with E-state index in [9.17, 15) is 8.42 Å². The van der Waals surface area contributed by atoms with Gasteiger partial charge in [-0.1, -0.05) is 19.9 Å². The number of methoxy groups -OCH3 is 3. The average Bonchev–Trinajstić information content (AvgIpc) is 3.24. The Labute approximate surface area is 217 Å². The first-order valence-corrected chi connectivity index (χ1v) is 13.6. The van der Waals surface area contributed by atoms with Gasteiger partial charge in [-0.15, -0.1) is 15.3 Å². The lowest BCUT2D eigenvalue weighted by Crippen LogP contribution is -2.48. The molecule has 2 aromatic heterocycles. The van der Waals surface area contributed by atoms with Crippen molar-refractivity contribution in [3.63, 3.8) is 0 Å². The fourth-order valence-electron chi connectivity index (χ4n) is 5.11. The zero-order chi connectivity index (χ0) is 27.0. The van der Waals surface area contributed by atoms with Crippen molar-refractivity contribution in [2.75, 3.05) is 26.1 Å². The molecule has 4 rings (SSSR count). The highest BCUT2D eigenvalue weighted by molar-refractivity contribution is 7.93. The van der Waals surface area contributed by atoms with Crippen LogP contribution in [0.1, 0.15) is 39.2 Å². The molecule has 0 amide bonds. The molecule has 200 valence electrons. The molecule has 0 saturated heterocycles. The number of sulfonamides is 1. The smallest absolute Gasteiger partial charge is 0.243 e. The summed E-state index contributed by atoms with van der Waals surface area (Å²) >= 11 is 0. The summed E-state index contributed by atoms with van der Waals surface area (Å²) in [7, 11) is 0.644. The monoisotopic (exact) mass is 530 g/mol. The number of hydrogen-bond donors (Lipinski definition) is 1. The van der Waals surface area contributed by atoms with E-state index in [2.05, 4.69) is 39.0 Å². The first-order chi connectivity index (χ1) is 17.5. The largest absolute Gasteiger partial charge is 0.494 e. The van der Waals surface area contributed by atoms with Crippen molar-refractivity contribution < 1.29 is 22.6 Å². The minimum Gasteiger partial charge on any atom is -0.494 e. The number of para-hydroxylation sites is 1. The maximum atomic E-state index is 13.6. The lowest BCUT2D eigenvalue weighted by molar-refractivity contribution is -0.0367. The lowest BCUT2D eigenvalue weighted by atomic mass is 9.62. The Morgan fingerprint density at radius 3 is 2.27 bits per heavy atom. The van der Waals surface area contributed by atoms with Gasteiger partial charge in [0.1, 0.15) is 28.1 Å². The Morgan fingerprint density at radius 1 is 1.08 bits per heavy atom. The van der Waals surface area contributed by atoms with Gasteiger partial charge in [-0.25, -0.2) is 8.42 Å². The summed E-state index contributed by atoms with van der Waals surface area (Å²) in [5.41, 5.74) is 1.87. The molecule has 0 radical (unpaired) electrons. The van der Waals surface area contributed by atoms with Gasteiger partial charge in [0.05, 0.1) is 26.5 Å². The second kappa shape index (κ2) is 10.3. The topological polar surface area (TPSA) is 130 Å². The number of ether oxygens (including phenoxy) is 3. The van der Waals surface area contributed by atoms with Crippen LogP contribution in [-0.4, -0.2) is 66.1 Å². The van der Waals surface area contributed by atoms with Crippen LogP contribution in [0.25, 0.3) is 17.2 Å². The first-order valence-electron chi connectivity index (χ1n) is 12.0. The summed E-state index contributed by atoms with van der Waals surface area (Å²) in [6.45, 7) is 7.87. The van der Waals surface area contributed by atoms with Crippen molar-refractivity contribution in [3.05, 3.63) is 36.0 Å². The van der Waals surface area contributed by atoms with E-state index in [0.717, 1.165) is 18.4 Å². The predicted molar refractivity (Wildman–Crippen MR) is 140 cm³/mol. The van der Waals surface area contributed by atoms with E-state index in [-0.39, 0.29) is 23.1 Å². The Hall–Kier alpha value is -3.25. The summed E-state index contributed by atoms with van der Waals surface area (Å²) in [5, 5.41) is 15.9. The fraction of sp³-hybridized carbons (Fsp3) is 0.520. The summed E-state index contributed by atoms with van der Waals surface area (Å²) in [6.07, 6.45) is 2.95. The van der Waals surface area contributed by atoms with E-state index in [0.29, 0.717) is 22.9 Å². The van der Waals surface area contributed by atoms with Crippen molar-refractivity contribution in [2.24, 2.45) is 11.3 Å². The summed E-state index contributed by atoms with van der Waals surface area (Å²) < 4.78 is 48.3. The van der Waals surface area contributed by atoms with Gasteiger partial charge in [0.25, 0.3) is 0 Å². The van der Waals surface area contributed by atoms with Crippen molar-refractivity contribution in [3.8, 4) is 28.7 Å². The number of aromatic nitrogens is 5. The molecule has 11 nitrogen and oxygen atoms in total. The van der Waals surface area contributed by atoms with Gasteiger partial charge in [-0.3, -0.25) is 9.29 Å². The molecule has 1 saturated carbocycles. The van der Waals surface area contributed by atoms with Crippen LogP contribution in [0, 0.1) is 18.3 Å². The van der Waals surface area contributed by atoms with Gasteiger partial charge in [0.2, 0.25) is 16.0 Å². The van der Waals surface area contributed by atoms with E-state index in [4.69, 9.17) is 14.2 Å². The third-order valence-electron chi connectivity index (χ3n) is 6.86. The number of anilines is 1.